The number of rotatable bonds is 7. The molecule has 114 valence electrons. The zero-order valence-corrected chi connectivity index (χ0v) is 11.3. The summed E-state index contributed by atoms with van der Waals surface area (Å²) in [5.74, 6) is -2.20. The van der Waals surface area contributed by atoms with Gasteiger partial charge in [0, 0.05) is 26.2 Å². The van der Waals surface area contributed by atoms with Crippen molar-refractivity contribution in [2.24, 2.45) is 16.9 Å². The molecule has 1 fully saturated rings. The second kappa shape index (κ2) is 7.20. The van der Waals surface area contributed by atoms with Gasteiger partial charge in [0.2, 0.25) is 11.8 Å². The Bertz CT molecular complexity index is 379. The first-order valence-corrected chi connectivity index (χ1v) is 6.51. The number of nitrogens with two attached hydrogens (primary N) is 2. The number of aliphatic carboxylic acids is 1. The second-order valence-electron chi connectivity index (χ2n) is 4.97. The molecule has 1 rings (SSSR count). The first kappa shape index (κ1) is 16.4. The molecule has 0 radical (unpaired) electrons. The molecule has 20 heavy (non-hydrogen) atoms. The van der Waals surface area contributed by atoms with E-state index >= 15 is 0 Å². The van der Waals surface area contributed by atoms with Crippen LogP contribution in [0.25, 0.3) is 0 Å². The summed E-state index contributed by atoms with van der Waals surface area (Å²) in [5.41, 5.74) is 9.87. The van der Waals surface area contributed by atoms with Crippen molar-refractivity contribution < 1.29 is 24.2 Å². The molecule has 0 aromatic heterocycles. The fraction of sp³-hybridized carbons (Fsp3) is 0.750. The topological polar surface area (TPSA) is 145 Å². The molecule has 1 aliphatic heterocycles. The minimum absolute atomic E-state index is 0.0342. The summed E-state index contributed by atoms with van der Waals surface area (Å²) in [6.07, 6.45) is 0.776. The quantitative estimate of drug-likeness (QED) is 0.452. The molecule has 0 aliphatic carbocycles. The molecule has 1 aliphatic rings. The molecule has 0 aromatic carbocycles. The first-order valence-electron chi connectivity index (χ1n) is 6.51. The van der Waals surface area contributed by atoms with Gasteiger partial charge < -0.3 is 26.6 Å². The van der Waals surface area contributed by atoms with Gasteiger partial charge in [-0.3, -0.25) is 9.59 Å². The number of amides is 2. The SMILES string of the molecule is NCC1(C(=O)N[C@@H](CCC(N)=O)C(=O)O)CCOCC1. The number of carboxylic acid groups (broad SMARTS) is 1. The Morgan fingerprint density at radius 1 is 1.30 bits per heavy atom. The highest BCUT2D eigenvalue weighted by Gasteiger charge is 2.40. The predicted molar refractivity (Wildman–Crippen MR) is 69.5 cm³/mol. The third-order valence-corrected chi connectivity index (χ3v) is 3.61. The molecule has 8 heteroatoms. The molecule has 6 N–H and O–H groups in total. The molecular formula is C12H21N3O5. The van der Waals surface area contributed by atoms with Gasteiger partial charge in [0.25, 0.3) is 0 Å². The second-order valence-corrected chi connectivity index (χ2v) is 4.97. The lowest BCUT2D eigenvalue weighted by molar-refractivity contribution is -0.146. The summed E-state index contributed by atoms with van der Waals surface area (Å²) in [6.45, 7) is 0.970. The number of carbonyl (C=O) groups is 3. The van der Waals surface area contributed by atoms with Gasteiger partial charge in [-0.2, -0.15) is 0 Å². The Kier molecular flexibility index (Phi) is 5.90. The van der Waals surface area contributed by atoms with Crippen LogP contribution in [0, 0.1) is 5.41 Å². The molecule has 0 saturated carbocycles. The van der Waals surface area contributed by atoms with Crippen LogP contribution in [0.1, 0.15) is 25.7 Å². The fourth-order valence-electron chi connectivity index (χ4n) is 2.14. The van der Waals surface area contributed by atoms with Gasteiger partial charge in [-0.15, -0.1) is 0 Å². The van der Waals surface area contributed by atoms with Crippen LogP contribution in [-0.4, -0.2) is 48.7 Å². The van der Waals surface area contributed by atoms with E-state index in [1.165, 1.54) is 0 Å². The third kappa shape index (κ3) is 4.17. The number of carboxylic acids is 1. The minimum Gasteiger partial charge on any atom is -0.480 e. The van der Waals surface area contributed by atoms with E-state index in [0.29, 0.717) is 26.1 Å². The van der Waals surface area contributed by atoms with Crippen LogP contribution < -0.4 is 16.8 Å². The van der Waals surface area contributed by atoms with Crippen molar-refractivity contribution in [3.63, 3.8) is 0 Å². The molecule has 2 amide bonds. The van der Waals surface area contributed by atoms with Crippen LogP contribution in [0.3, 0.4) is 0 Å². The highest BCUT2D eigenvalue weighted by Crippen LogP contribution is 2.29. The zero-order valence-electron chi connectivity index (χ0n) is 11.3. The zero-order chi connectivity index (χ0) is 15.2. The van der Waals surface area contributed by atoms with E-state index in [2.05, 4.69) is 5.32 Å². The van der Waals surface area contributed by atoms with Gasteiger partial charge in [0.1, 0.15) is 6.04 Å². The van der Waals surface area contributed by atoms with Gasteiger partial charge in [-0.05, 0) is 19.3 Å². The van der Waals surface area contributed by atoms with Crippen molar-refractivity contribution in [1.82, 2.24) is 5.32 Å². The highest BCUT2D eigenvalue weighted by atomic mass is 16.5. The van der Waals surface area contributed by atoms with Crippen LogP contribution in [0.2, 0.25) is 0 Å². The van der Waals surface area contributed by atoms with Gasteiger partial charge >= 0.3 is 5.97 Å². The first-order chi connectivity index (χ1) is 9.41. The van der Waals surface area contributed by atoms with Crippen LogP contribution in [0.15, 0.2) is 0 Å². The van der Waals surface area contributed by atoms with Crippen molar-refractivity contribution in [1.29, 1.82) is 0 Å². The van der Waals surface area contributed by atoms with E-state index in [9.17, 15) is 14.4 Å². The summed E-state index contributed by atoms with van der Waals surface area (Å²) in [4.78, 5) is 34.1. The molecule has 1 atom stereocenters. The molecule has 0 spiro atoms. The Morgan fingerprint density at radius 2 is 1.90 bits per heavy atom. The fourth-order valence-corrected chi connectivity index (χ4v) is 2.14. The van der Waals surface area contributed by atoms with Crippen molar-refractivity contribution in [3.05, 3.63) is 0 Å². The maximum Gasteiger partial charge on any atom is 0.326 e. The minimum atomic E-state index is -1.20. The average Bonchev–Trinajstić information content (AvgIpc) is 2.43. The molecule has 0 aromatic rings. The Labute approximate surface area is 116 Å². The van der Waals surface area contributed by atoms with Gasteiger partial charge in [0.15, 0.2) is 0 Å². The maximum absolute atomic E-state index is 12.3. The van der Waals surface area contributed by atoms with E-state index in [4.69, 9.17) is 21.3 Å². The molecule has 0 unspecified atom stereocenters. The van der Waals surface area contributed by atoms with Crippen LogP contribution in [-0.2, 0) is 19.1 Å². The Hall–Kier alpha value is -1.67. The van der Waals surface area contributed by atoms with E-state index in [1.54, 1.807) is 0 Å². The lowest BCUT2D eigenvalue weighted by Crippen LogP contribution is -2.53. The lowest BCUT2D eigenvalue weighted by Gasteiger charge is -2.35. The summed E-state index contributed by atoms with van der Waals surface area (Å²) in [6, 6.07) is -1.14. The molecule has 0 bridgehead atoms. The standard InChI is InChI=1S/C12H21N3O5/c13-7-12(3-5-20-6-4-12)11(19)15-8(10(17)18)1-2-9(14)16/h8H,1-7,13H2,(H2,14,16)(H,15,19)(H,17,18)/t8-/m0/s1. The largest absolute Gasteiger partial charge is 0.480 e. The van der Waals surface area contributed by atoms with Crippen molar-refractivity contribution in [3.8, 4) is 0 Å². The van der Waals surface area contributed by atoms with Crippen LogP contribution >= 0.6 is 0 Å². The summed E-state index contributed by atoms with van der Waals surface area (Å²) >= 11 is 0. The van der Waals surface area contributed by atoms with E-state index in [1.807, 2.05) is 0 Å². The van der Waals surface area contributed by atoms with Crippen molar-refractivity contribution >= 4 is 17.8 Å². The average molecular weight is 287 g/mol. The number of hydrogen-bond donors (Lipinski definition) is 4. The smallest absolute Gasteiger partial charge is 0.326 e. The van der Waals surface area contributed by atoms with Crippen molar-refractivity contribution in [2.45, 2.75) is 31.7 Å². The van der Waals surface area contributed by atoms with Crippen LogP contribution in [0.4, 0.5) is 0 Å². The molecular weight excluding hydrogens is 266 g/mol. The highest BCUT2D eigenvalue weighted by molar-refractivity contribution is 5.88. The molecule has 1 heterocycles. The molecule has 1 saturated heterocycles. The monoisotopic (exact) mass is 287 g/mol. The van der Waals surface area contributed by atoms with E-state index in [-0.39, 0.29) is 19.4 Å². The summed E-state index contributed by atoms with van der Waals surface area (Å²) < 4.78 is 5.20. The Balaban J connectivity index is 2.68. The predicted octanol–water partition coefficient (Wildman–Crippen LogP) is -1.42. The van der Waals surface area contributed by atoms with E-state index in [0.717, 1.165) is 0 Å². The van der Waals surface area contributed by atoms with Gasteiger partial charge in [-0.1, -0.05) is 0 Å². The summed E-state index contributed by atoms with van der Waals surface area (Å²) in [5, 5.41) is 11.5. The molecule has 8 nitrogen and oxygen atoms in total. The lowest BCUT2D eigenvalue weighted by atomic mass is 9.79. The number of primary amides is 1. The normalized spacial score (nSPS) is 19.1. The summed E-state index contributed by atoms with van der Waals surface area (Å²) in [7, 11) is 0. The third-order valence-electron chi connectivity index (χ3n) is 3.61. The van der Waals surface area contributed by atoms with Crippen molar-refractivity contribution in [2.75, 3.05) is 19.8 Å². The van der Waals surface area contributed by atoms with E-state index < -0.39 is 29.2 Å². The number of carbonyl (C=O) groups excluding carboxylic acids is 2. The Morgan fingerprint density at radius 3 is 2.35 bits per heavy atom. The number of ether oxygens (including phenoxy) is 1. The van der Waals surface area contributed by atoms with Gasteiger partial charge in [0.05, 0.1) is 5.41 Å². The maximum atomic E-state index is 12.3. The van der Waals surface area contributed by atoms with Gasteiger partial charge in [-0.25, -0.2) is 4.79 Å². The number of hydrogen-bond acceptors (Lipinski definition) is 5. The number of nitrogens with one attached hydrogen (secondary N) is 1. The van der Waals surface area contributed by atoms with Crippen LogP contribution in [0.5, 0.6) is 0 Å².